The van der Waals surface area contributed by atoms with E-state index in [0.717, 1.165) is 25.2 Å². The van der Waals surface area contributed by atoms with Gasteiger partial charge < -0.3 is 10.2 Å². The molecule has 0 amide bonds. The number of aliphatic hydroxyl groups is 2. The van der Waals surface area contributed by atoms with Crippen LogP contribution < -0.4 is 0 Å². The number of aliphatic hydroxyl groups excluding tert-OH is 1. The molecule has 0 aromatic heterocycles. The number of hydrogen-bond acceptors (Lipinski definition) is 2. The maximum Gasteiger partial charge on any atom is 0.0771 e. The van der Waals surface area contributed by atoms with Crippen LogP contribution in [0.15, 0.2) is 23.8 Å². The first-order chi connectivity index (χ1) is 14.7. The standard InChI is InChI=1S/C30H50O2/c1-20(10-9-16-26(2,3)32)21-13-18-30(8)23-11-12-24-27(4,5)25(31)15-17-28(24,6)22(23)14-19-29(21,30)7/h9,11,16,20-22,24-25,31-32H,10,12-15,17-19H2,1-8H3. The molecule has 3 saturated carbocycles. The van der Waals surface area contributed by atoms with Crippen LogP contribution in [0.2, 0.25) is 0 Å². The van der Waals surface area contributed by atoms with E-state index in [1.54, 1.807) is 5.57 Å². The Balaban J connectivity index is 1.62. The summed E-state index contributed by atoms with van der Waals surface area (Å²) in [5.41, 5.74) is 2.09. The van der Waals surface area contributed by atoms with E-state index in [2.05, 4.69) is 53.7 Å². The van der Waals surface area contributed by atoms with Crippen molar-refractivity contribution in [2.24, 2.45) is 45.3 Å². The molecule has 182 valence electrons. The van der Waals surface area contributed by atoms with Crippen molar-refractivity contribution in [3.05, 3.63) is 23.8 Å². The van der Waals surface area contributed by atoms with Crippen molar-refractivity contribution in [1.82, 2.24) is 0 Å². The Morgan fingerprint density at radius 3 is 2.41 bits per heavy atom. The van der Waals surface area contributed by atoms with Crippen molar-refractivity contribution in [2.45, 2.75) is 118 Å². The van der Waals surface area contributed by atoms with Crippen molar-refractivity contribution >= 4 is 0 Å². The van der Waals surface area contributed by atoms with E-state index >= 15 is 0 Å². The summed E-state index contributed by atoms with van der Waals surface area (Å²) in [5.74, 6) is 2.67. The second-order valence-corrected chi connectivity index (χ2v) is 14.1. The summed E-state index contributed by atoms with van der Waals surface area (Å²) in [4.78, 5) is 0. The van der Waals surface area contributed by atoms with Gasteiger partial charge in [0.2, 0.25) is 0 Å². The lowest BCUT2D eigenvalue weighted by molar-refractivity contribution is -0.131. The van der Waals surface area contributed by atoms with E-state index in [1.165, 1.54) is 32.1 Å². The monoisotopic (exact) mass is 442 g/mol. The quantitative estimate of drug-likeness (QED) is 0.448. The highest BCUT2D eigenvalue weighted by Crippen LogP contribution is 2.73. The zero-order chi connectivity index (χ0) is 23.7. The number of fused-ring (bicyclic) bond motifs is 5. The second kappa shape index (κ2) is 7.70. The predicted octanol–water partition coefficient (Wildman–Crippen LogP) is 7.31. The van der Waals surface area contributed by atoms with E-state index in [4.69, 9.17) is 0 Å². The van der Waals surface area contributed by atoms with Crippen molar-refractivity contribution in [3.8, 4) is 0 Å². The smallest absolute Gasteiger partial charge is 0.0771 e. The van der Waals surface area contributed by atoms with Crippen LogP contribution in [0, 0.1) is 45.3 Å². The molecule has 3 fully saturated rings. The van der Waals surface area contributed by atoms with Crippen LogP contribution in [-0.2, 0) is 0 Å². The molecule has 0 aromatic rings. The predicted molar refractivity (Wildman–Crippen MR) is 134 cm³/mol. The summed E-state index contributed by atoms with van der Waals surface area (Å²) in [6.45, 7) is 18.6. The molecular formula is C30H50O2. The molecule has 8 unspecified atom stereocenters. The van der Waals surface area contributed by atoms with E-state index in [0.29, 0.717) is 34.0 Å². The Bertz CT molecular complexity index is 785. The fourth-order valence-corrected chi connectivity index (χ4v) is 9.39. The Morgan fingerprint density at radius 2 is 1.75 bits per heavy atom. The number of hydrogen-bond donors (Lipinski definition) is 2. The largest absolute Gasteiger partial charge is 0.393 e. The minimum atomic E-state index is -0.716. The van der Waals surface area contributed by atoms with Crippen LogP contribution in [-0.4, -0.2) is 21.9 Å². The SMILES string of the molecule is CC(CC=CC(C)(C)O)C1CCC2(C)C3=CCC4C(C)(C)C(O)CCC4(C)C3CCC12C. The molecule has 0 heterocycles. The van der Waals surface area contributed by atoms with E-state index in [9.17, 15) is 10.2 Å². The molecular weight excluding hydrogens is 392 g/mol. The van der Waals surface area contributed by atoms with Crippen LogP contribution in [0.3, 0.4) is 0 Å². The summed E-state index contributed by atoms with van der Waals surface area (Å²) in [5, 5.41) is 20.9. The molecule has 0 spiro atoms. The minimum absolute atomic E-state index is 0.0101. The van der Waals surface area contributed by atoms with Crippen molar-refractivity contribution < 1.29 is 10.2 Å². The summed E-state index contributed by atoms with van der Waals surface area (Å²) in [7, 11) is 0. The third-order valence-corrected chi connectivity index (χ3v) is 11.6. The maximum absolute atomic E-state index is 10.8. The minimum Gasteiger partial charge on any atom is -0.393 e. The van der Waals surface area contributed by atoms with Crippen LogP contribution in [0.1, 0.15) is 107 Å². The first-order valence-electron chi connectivity index (χ1n) is 13.5. The van der Waals surface area contributed by atoms with Crippen LogP contribution in [0.5, 0.6) is 0 Å². The van der Waals surface area contributed by atoms with Gasteiger partial charge in [-0.3, -0.25) is 0 Å². The van der Waals surface area contributed by atoms with Crippen LogP contribution >= 0.6 is 0 Å². The highest BCUT2D eigenvalue weighted by Gasteiger charge is 2.65. The Kier molecular flexibility index (Phi) is 5.90. The highest BCUT2D eigenvalue weighted by atomic mass is 16.3. The van der Waals surface area contributed by atoms with Gasteiger partial charge in [-0.15, -0.1) is 0 Å². The van der Waals surface area contributed by atoms with Gasteiger partial charge in [0.05, 0.1) is 11.7 Å². The third kappa shape index (κ3) is 3.49. The fraction of sp³-hybridized carbons (Fsp3) is 0.867. The zero-order valence-corrected chi connectivity index (χ0v) is 22.2. The maximum atomic E-state index is 10.8. The highest BCUT2D eigenvalue weighted by molar-refractivity contribution is 5.33. The summed E-state index contributed by atoms with van der Waals surface area (Å²) < 4.78 is 0. The van der Waals surface area contributed by atoms with Gasteiger partial charge in [0, 0.05) is 0 Å². The molecule has 32 heavy (non-hydrogen) atoms. The summed E-state index contributed by atoms with van der Waals surface area (Å²) in [6.07, 6.45) is 16.4. The molecule has 0 bridgehead atoms. The van der Waals surface area contributed by atoms with Gasteiger partial charge in [-0.1, -0.05) is 65.3 Å². The van der Waals surface area contributed by atoms with E-state index in [1.807, 2.05) is 19.9 Å². The fourth-order valence-electron chi connectivity index (χ4n) is 9.39. The van der Waals surface area contributed by atoms with E-state index < -0.39 is 5.60 Å². The molecule has 0 aromatic carbocycles. The summed E-state index contributed by atoms with van der Waals surface area (Å²) in [6, 6.07) is 0. The number of allylic oxidation sites excluding steroid dienone is 3. The lowest BCUT2D eigenvalue weighted by Gasteiger charge is -2.64. The van der Waals surface area contributed by atoms with Gasteiger partial charge in [0.1, 0.15) is 0 Å². The molecule has 0 aliphatic heterocycles. The first kappa shape index (κ1) is 24.5. The van der Waals surface area contributed by atoms with Crippen molar-refractivity contribution in [3.63, 3.8) is 0 Å². The van der Waals surface area contributed by atoms with Gasteiger partial charge >= 0.3 is 0 Å². The lowest BCUT2D eigenvalue weighted by Crippen LogP contribution is -2.58. The van der Waals surface area contributed by atoms with Crippen LogP contribution in [0.25, 0.3) is 0 Å². The average Bonchev–Trinajstić information content (AvgIpc) is 2.96. The van der Waals surface area contributed by atoms with Gasteiger partial charge in [-0.05, 0) is 111 Å². The van der Waals surface area contributed by atoms with Gasteiger partial charge in [0.15, 0.2) is 0 Å². The summed E-state index contributed by atoms with van der Waals surface area (Å²) >= 11 is 0. The molecule has 8 atom stereocenters. The van der Waals surface area contributed by atoms with E-state index in [-0.39, 0.29) is 11.5 Å². The molecule has 4 aliphatic rings. The molecule has 0 saturated heterocycles. The first-order valence-corrected chi connectivity index (χ1v) is 13.5. The molecule has 4 aliphatic carbocycles. The molecule has 2 N–H and O–H groups in total. The molecule has 0 radical (unpaired) electrons. The van der Waals surface area contributed by atoms with Crippen LogP contribution in [0.4, 0.5) is 0 Å². The zero-order valence-electron chi connectivity index (χ0n) is 22.2. The second-order valence-electron chi connectivity index (χ2n) is 14.1. The Hall–Kier alpha value is -0.600. The normalized spacial score (nSPS) is 46.9. The molecule has 2 nitrogen and oxygen atoms in total. The van der Waals surface area contributed by atoms with Crippen molar-refractivity contribution in [1.29, 1.82) is 0 Å². The Labute approximate surface area is 198 Å². The Morgan fingerprint density at radius 1 is 1.06 bits per heavy atom. The molecule has 4 rings (SSSR count). The van der Waals surface area contributed by atoms with Gasteiger partial charge in [0.25, 0.3) is 0 Å². The van der Waals surface area contributed by atoms with Gasteiger partial charge in [-0.2, -0.15) is 0 Å². The lowest BCUT2D eigenvalue weighted by atomic mass is 9.41. The number of rotatable bonds is 4. The topological polar surface area (TPSA) is 40.5 Å². The molecule has 2 heteroatoms. The third-order valence-electron chi connectivity index (χ3n) is 11.6. The van der Waals surface area contributed by atoms with Crippen molar-refractivity contribution in [2.75, 3.05) is 0 Å². The van der Waals surface area contributed by atoms with Gasteiger partial charge in [-0.25, -0.2) is 0 Å². The average molecular weight is 443 g/mol.